The molecule has 1 aromatic heterocycles. The standard InChI is InChI=1S/C15H14N4O5S/c1-8(20)17-15-19-11(7-25-15)14(23)24-6-12(21)18-10-4-2-9(3-5-10)13(16)22/h2-5,7H,6H2,1H3,(H2,16,22)(H,18,21)(H,17,19,20). The maximum atomic E-state index is 11.8. The van der Waals surface area contributed by atoms with Crippen molar-refractivity contribution in [3.8, 4) is 0 Å². The topological polar surface area (TPSA) is 140 Å². The lowest BCUT2D eigenvalue weighted by atomic mass is 10.2. The van der Waals surface area contributed by atoms with Crippen LogP contribution >= 0.6 is 11.3 Å². The summed E-state index contributed by atoms with van der Waals surface area (Å²) < 4.78 is 4.85. The van der Waals surface area contributed by atoms with Gasteiger partial charge in [-0.25, -0.2) is 9.78 Å². The zero-order chi connectivity index (χ0) is 18.4. The molecular formula is C15H14N4O5S. The van der Waals surface area contributed by atoms with E-state index >= 15 is 0 Å². The van der Waals surface area contributed by atoms with Gasteiger partial charge in [0.15, 0.2) is 17.4 Å². The Hall–Kier alpha value is -3.27. The third kappa shape index (κ3) is 5.39. The number of anilines is 2. The van der Waals surface area contributed by atoms with Gasteiger partial charge in [0, 0.05) is 23.6 Å². The fourth-order valence-electron chi connectivity index (χ4n) is 1.70. The number of nitrogens with one attached hydrogen (secondary N) is 2. The first-order valence-corrected chi connectivity index (χ1v) is 7.83. The number of carbonyl (C=O) groups excluding carboxylic acids is 4. The highest BCUT2D eigenvalue weighted by Gasteiger charge is 2.15. The van der Waals surface area contributed by atoms with E-state index in [1.807, 2.05) is 0 Å². The van der Waals surface area contributed by atoms with Crippen molar-refractivity contribution in [1.29, 1.82) is 0 Å². The quantitative estimate of drug-likeness (QED) is 0.655. The van der Waals surface area contributed by atoms with Crippen molar-refractivity contribution in [1.82, 2.24) is 4.98 Å². The Kier molecular flexibility index (Phi) is 5.79. The summed E-state index contributed by atoms with van der Waals surface area (Å²) in [5, 5.41) is 6.61. The Balaban J connectivity index is 1.84. The van der Waals surface area contributed by atoms with Gasteiger partial charge in [0.1, 0.15) is 0 Å². The lowest BCUT2D eigenvalue weighted by molar-refractivity contribution is -0.119. The number of thiazole rings is 1. The summed E-state index contributed by atoms with van der Waals surface area (Å²) in [5.41, 5.74) is 5.84. The number of ether oxygens (including phenoxy) is 1. The number of hydrogen-bond acceptors (Lipinski definition) is 7. The number of nitrogens with zero attached hydrogens (tertiary/aromatic N) is 1. The molecule has 1 aromatic carbocycles. The molecule has 4 N–H and O–H groups in total. The van der Waals surface area contributed by atoms with Gasteiger partial charge in [-0.05, 0) is 24.3 Å². The van der Waals surface area contributed by atoms with Crippen LogP contribution in [0, 0.1) is 0 Å². The van der Waals surface area contributed by atoms with Crippen LogP contribution in [0.5, 0.6) is 0 Å². The van der Waals surface area contributed by atoms with E-state index in [2.05, 4.69) is 15.6 Å². The third-order valence-corrected chi connectivity index (χ3v) is 3.54. The van der Waals surface area contributed by atoms with Crippen molar-refractivity contribution >= 4 is 45.8 Å². The number of carbonyl (C=O) groups is 4. The number of rotatable bonds is 6. The highest BCUT2D eigenvalue weighted by molar-refractivity contribution is 7.14. The minimum absolute atomic E-state index is 0.00707. The molecule has 0 bridgehead atoms. The second-order valence-corrected chi connectivity index (χ2v) is 5.64. The molecule has 0 aliphatic rings. The van der Waals surface area contributed by atoms with E-state index in [1.165, 1.54) is 36.6 Å². The first-order valence-electron chi connectivity index (χ1n) is 6.95. The Labute approximate surface area is 146 Å². The van der Waals surface area contributed by atoms with Crippen LogP contribution in [0.3, 0.4) is 0 Å². The first kappa shape index (κ1) is 18.1. The Morgan fingerprint density at radius 1 is 1.16 bits per heavy atom. The number of nitrogens with two attached hydrogens (primary N) is 1. The molecule has 0 aliphatic heterocycles. The molecule has 0 aliphatic carbocycles. The Morgan fingerprint density at radius 3 is 2.44 bits per heavy atom. The maximum absolute atomic E-state index is 11.8. The van der Waals surface area contributed by atoms with Crippen molar-refractivity contribution < 1.29 is 23.9 Å². The molecule has 0 atom stereocenters. The molecule has 0 fully saturated rings. The van der Waals surface area contributed by atoms with Crippen LogP contribution in [0.4, 0.5) is 10.8 Å². The highest BCUT2D eigenvalue weighted by Crippen LogP contribution is 2.16. The first-order chi connectivity index (χ1) is 11.8. The molecule has 0 saturated carbocycles. The van der Waals surface area contributed by atoms with E-state index < -0.39 is 24.4 Å². The van der Waals surface area contributed by atoms with Crippen LogP contribution in [-0.2, 0) is 14.3 Å². The van der Waals surface area contributed by atoms with Crippen LogP contribution in [0.1, 0.15) is 27.8 Å². The SMILES string of the molecule is CC(=O)Nc1nc(C(=O)OCC(=O)Nc2ccc(C(N)=O)cc2)cs1. The maximum Gasteiger partial charge on any atom is 0.358 e. The van der Waals surface area contributed by atoms with E-state index in [4.69, 9.17) is 10.5 Å². The number of esters is 1. The zero-order valence-corrected chi connectivity index (χ0v) is 13.9. The fourth-order valence-corrected chi connectivity index (χ4v) is 2.42. The number of hydrogen-bond donors (Lipinski definition) is 3. The zero-order valence-electron chi connectivity index (χ0n) is 13.1. The van der Waals surface area contributed by atoms with Crippen LogP contribution in [-0.4, -0.2) is 35.3 Å². The Bertz CT molecular complexity index is 816. The van der Waals surface area contributed by atoms with E-state index in [1.54, 1.807) is 0 Å². The van der Waals surface area contributed by atoms with E-state index in [0.29, 0.717) is 11.3 Å². The number of amides is 3. The lowest BCUT2D eigenvalue weighted by Gasteiger charge is -2.06. The van der Waals surface area contributed by atoms with Gasteiger partial charge < -0.3 is 21.1 Å². The van der Waals surface area contributed by atoms with Crippen molar-refractivity contribution in [3.05, 3.63) is 40.9 Å². The smallest absolute Gasteiger partial charge is 0.358 e. The summed E-state index contributed by atoms with van der Waals surface area (Å²) in [6.07, 6.45) is 0. The van der Waals surface area contributed by atoms with Crippen LogP contribution in [0.15, 0.2) is 29.6 Å². The normalized spacial score (nSPS) is 9.96. The summed E-state index contributed by atoms with van der Waals surface area (Å²) in [4.78, 5) is 49.3. The molecule has 3 amide bonds. The molecule has 0 spiro atoms. The largest absolute Gasteiger partial charge is 0.451 e. The van der Waals surface area contributed by atoms with Crippen LogP contribution < -0.4 is 16.4 Å². The average Bonchev–Trinajstić information content (AvgIpc) is 3.01. The molecule has 2 rings (SSSR count). The van der Waals surface area contributed by atoms with E-state index in [0.717, 1.165) is 11.3 Å². The van der Waals surface area contributed by atoms with Gasteiger partial charge in [-0.15, -0.1) is 11.3 Å². The van der Waals surface area contributed by atoms with Crippen molar-refractivity contribution in [2.75, 3.05) is 17.2 Å². The average molecular weight is 362 g/mol. The minimum atomic E-state index is -0.785. The van der Waals surface area contributed by atoms with Gasteiger partial charge in [-0.2, -0.15) is 0 Å². The molecule has 9 nitrogen and oxygen atoms in total. The number of aromatic nitrogens is 1. The fraction of sp³-hybridized carbons (Fsp3) is 0.133. The highest BCUT2D eigenvalue weighted by atomic mass is 32.1. The predicted octanol–water partition coefficient (Wildman–Crippen LogP) is 0.996. The van der Waals surface area contributed by atoms with Gasteiger partial charge in [-0.1, -0.05) is 0 Å². The van der Waals surface area contributed by atoms with Gasteiger partial charge in [-0.3, -0.25) is 14.4 Å². The van der Waals surface area contributed by atoms with Gasteiger partial charge >= 0.3 is 5.97 Å². The molecule has 10 heteroatoms. The summed E-state index contributed by atoms with van der Waals surface area (Å²) >= 11 is 1.06. The molecule has 130 valence electrons. The van der Waals surface area contributed by atoms with Crippen LogP contribution in [0.2, 0.25) is 0 Å². The molecule has 0 radical (unpaired) electrons. The molecular weight excluding hydrogens is 348 g/mol. The summed E-state index contributed by atoms with van der Waals surface area (Å²) in [6.45, 7) is 0.809. The number of benzene rings is 1. The van der Waals surface area contributed by atoms with Gasteiger partial charge in [0.2, 0.25) is 11.8 Å². The van der Waals surface area contributed by atoms with Crippen molar-refractivity contribution in [3.63, 3.8) is 0 Å². The lowest BCUT2D eigenvalue weighted by Crippen LogP contribution is -2.21. The monoisotopic (exact) mass is 362 g/mol. The molecule has 25 heavy (non-hydrogen) atoms. The summed E-state index contributed by atoms with van der Waals surface area (Å²) in [7, 11) is 0. The van der Waals surface area contributed by atoms with Gasteiger partial charge in [0.05, 0.1) is 0 Å². The van der Waals surface area contributed by atoms with Gasteiger partial charge in [0.25, 0.3) is 5.91 Å². The Morgan fingerprint density at radius 2 is 1.84 bits per heavy atom. The summed E-state index contributed by atoms with van der Waals surface area (Å²) in [5.74, 6) is -2.23. The molecule has 2 aromatic rings. The summed E-state index contributed by atoms with van der Waals surface area (Å²) in [6, 6.07) is 5.92. The van der Waals surface area contributed by atoms with Crippen molar-refractivity contribution in [2.45, 2.75) is 6.92 Å². The second kappa shape index (κ2) is 8.02. The third-order valence-electron chi connectivity index (χ3n) is 2.78. The number of primary amides is 1. The second-order valence-electron chi connectivity index (χ2n) is 4.78. The predicted molar refractivity (Wildman–Crippen MR) is 90.3 cm³/mol. The molecule has 1 heterocycles. The minimum Gasteiger partial charge on any atom is -0.451 e. The molecule has 0 unspecified atom stereocenters. The van der Waals surface area contributed by atoms with Crippen LogP contribution in [0.25, 0.3) is 0 Å². The van der Waals surface area contributed by atoms with Crippen molar-refractivity contribution in [2.24, 2.45) is 5.73 Å². The molecule has 0 saturated heterocycles. The van der Waals surface area contributed by atoms with E-state index in [9.17, 15) is 19.2 Å². The van der Waals surface area contributed by atoms with E-state index in [-0.39, 0.29) is 16.7 Å².